The van der Waals surface area contributed by atoms with E-state index in [1.54, 1.807) is 12.3 Å². The maximum Gasteiger partial charge on any atom is 0.272 e. The van der Waals surface area contributed by atoms with Gasteiger partial charge in [0.05, 0.1) is 12.2 Å². The quantitative estimate of drug-likeness (QED) is 0.684. The van der Waals surface area contributed by atoms with E-state index in [0.717, 1.165) is 31.5 Å². The van der Waals surface area contributed by atoms with Gasteiger partial charge in [-0.3, -0.25) is 9.48 Å². The van der Waals surface area contributed by atoms with E-state index in [2.05, 4.69) is 20.7 Å². The highest BCUT2D eigenvalue weighted by atomic mass is 35.5. The fourth-order valence-electron chi connectivity index (χ4n) is 3.28. The Kier molecular flexibility index (Phi) is 6.49. The molecule has 0 bridgehead atoms. The first-order valence-corrected chi connectivity index (χ1v) is 9.28. The lowest BCUT2D eigenvalue weighted by Gasteiger charge is -2.22. The first kappa shape index (κ1) is 20.1. The molecule has 1 fully saturated rings. The van der Waals surface area contributed by atoms with Crippen LogP contribution in [0.25, 0.3) is 11.3 Å². The smallest absolute Gasteiger partial charge is 0.272 e. The van der Waals surface area contributed by atoms with Crippen molar-refractivity contribution in [2.24, 2.45) is 0 Å². The van der Waals surface area contributed by atoms with Gasteiger partial charge in [0.25, 0.3) is 5.91 Å². The van der Waals surface area contributed by atoms with E-state index in [1.165, 1.54) is 0 Å². The molecule has 2 N–H and O–H groups in total. The zero-order valence-corrected chi connectivity index (χ0v) is 16.5. The standard InChI is InChI=1S/C20H23N5O2.ClH/c1-14(20-22-13-18(27-20)15-6-3-2-4-7-15)23-19(26)17-9-11-25(24-17)16-8-5-10-21-12-16;/h2-4,6-7,9,11,13-14,16,21H,5,8,10,12H2,1H3,(H,23,26);1H. The van der Waals surface area contributed by atoms with Crippen LogP contribution in [0, 0.1) is 0 Å². The number of carbonyl (C=O) groups excluding carboxylic acids is 1. The van der Waals surface area contributed by atoms with Gasteiger partial charge in [0, 0.05) is 18.3 Å². The summed E-state index contributed by atoms with van der Waals surface area (Å²) >= 11 is 0. The van der Waals surface area contributed by atoms with Crippen LogP contribution in [0.5, 0.6) is 0 Å². The molecule has 8 heteroatoms. The van der Waals surface area contributed by atoms with Crippen LogP contribution in [-0.2, 0) is 0 Å². The fourth-order valence-corrected chi connectivity index (χ4v) is 3.28. The number of amides is 1. The molecule has 148 valence electrons. The molecule has 2 atom stereocenters. The third-order valence-electron chi connectivity index (χ3n) is 4.79. The van der Waals surface area contributed by atoms with Gasteiger partial charge < -0.3 is 15.1 Å². The number of benzene rings is 1. The Morgan fingerprint density at radius 1 is 1.32 bits per heavy atom. The lowest BCUT2D eigenvalue weighted by Crippen LogP contribution is -2.32. The molecular weight excluding hydrogens is 378 g/mol. The molecule has 0 spiro atoms. The molecule has 0 saturated carbocycles. The summed E-state index contributed by atoms with van der Waals surface area (Å²) in [5.74, 6) is 0.920. The Balaban J connectivity index is 0.00000225. The molecule has 1 amide bonds. The highest BCUT2D eigenvalue weighted by Gasteiger charge is 2.20. The van der Waals surface area contributed by atoms with Gasteiger partial charge in [-0.2, -0.15) is 5.10 Å². The van der Waals surface area contributed by atoms with Crippen molar-refractivity contribution in [3.8, 4) is 11.3 Å². The van der Waals surface area contributed by atoms with Crippen molar-refractivity contribution in [3.05, 3.63) is 60.4 Å². The van der Waals surface area contributed by atoms with Crippen LogP contribution in [0.4, 0.5) is 0 Å². The van der Waals surface area contributed by atoms with E-state index in [0.29, 0.717) is 23.4 Å². The van der Waals surface area contributed by atoms with Crippen molar-refractivity contribution in [1.29, 1.82) is 0 Å². The number of halogens is 1. The number of hydrogen-bond donors (Lipinski definition) is 2. The molecule has 1 aromatic carbocycles. The number of carbonyl (C=O) groups is 1. The van der Waals surface area contributed by atoms with Gasteiger partial charge in [-0.1, -0.05) is 30.3 Å². The monoisotopic (exact) mass is 401 g/mol. The first-order valence-electron chi connectivity index (χ1n) is 9.28. The number of rotatable bonds is 5. The highest BCUT2D eigenvalue weighted by Crippen LogP contribution is 2.23. The molecule has 4 rings (SSSR count). The van der Waals surface area contributed by atoms with Gasteiger partial charge in [0.1, 0.15) is 11.7 Å². The van der Waals surface area contributed by atoms with Crippen LogP contribution < -0.4 is 10.6 Å². The maximum absolute atomic E-state index is 12.5. The number of nitrogens with one attached hydrogen (secondary N) is 2. The minimum absolute atomic E-state index is 0. The van der Waals surface area contributed by atoms with Gasteiger partial charge in [-0.15, -0.1) is 12.4 Å². The maximum atomic E-state index is 12.5. The lowest BCUT2D eigenvalue weighted by atomic mass is 10.1. The van der Waals surface area contributed by atoms with E-state index in [-0.39, 0.29) is 24.4 Å². The zero-order chi connectivity index (χ0) is 18.6. The van der Waals surface area contributed by atoms with Gasteiger partial charge in [-0.25, -0.2) is 4.98 Å². The summed E-state index contributed by atoms with van der Waals surface area (Å²) in [5.41, 5.74) is 1.36. The average Bonchev–Trinajstić information content (AvgIpc) is 3.39. The number of aromatic nitrogens is 3. The molecule has 2 aromatic heterocycles. The lowest BCUT2D eigenvalue weighted by molar-refractivity contribution is 0.0928. The van der Waals surface area contributed by atoms with Gasteiger partial charge in [0.2, 0.25) is 5.89 Å². The average molecular weight is 402 g/mol. The third-order valence-corrected chi connectivity index (χ3v) is 4.79. The van der Waals surface area contributed by atoms with Gasteiger partial charge >= 0.3 is 0 Å². The SMILES string of the molecule is CC(NC(=O)c1ccn(C2CCCNC2)n1)c1ncc(-c2ccccc2)o1.Cl. The molecule has 28 heavy (non-hydrogen) atoms. The Morgan fingerprint density at radius 2 is 2.14 bits per heavy atom. The molecule has 0 radical (unpaired) electrons. The summed E-state index contributed by atoms with van der Waals surface area (Å²) < 4.78 is 7.69. The van der Waals surface area contributed by atoms with Crippen molar-refractivity contribution < 1.29 is 9.21 Å². The summed E-state index contributed by atoms with van der Waals surface area (Å²) in [7, 11) is 0. The second kappa shape index (κ2) is 9.03. The van der Waals surface area contributed by atoms with Crippen molar-refractivity contribution in [1.82, 2.24) is 25.4 Å². The molecule has 1 aliphatic heterocycles. The molecular formula is C20H24ClN5O2. The normalized spacial score (nSPS) is 17.5. The molecule has 2 unspecified atom stereocenters. The summed E-state index contributed by atoms with van der Waals surface area (Å²) in [5, 5.41) is 10.7. The summed E-state index contributed by atoms with van der Waals surface area (Å²) in [6.45, 7) is 3.78. The summed E-state index contributed by atoms with van der Waals surface area (Å²) in [6.07, 6.45) is 5.75. The van der Waals surface area contributed by atoms with E-state index >= 15 is 0 Å². The van der Waals surface area contributed by atoms with Gasteiger partial charge in [-0.05, 0) is 32.4 Å². The van der Waals surface area contributed by atoms with Crippen LogP contribution in [0.3, 0.4) is 0 Å². The van der Waals surface area contributed by atoms with E-state index in [1.807, 2.05) is 48.1 Å². The molecule has 1 saturated heterocycles. The molecule has 7 nitrogen and oxygen atoms in total. The van der Waals surface area contributed by atoms with Crippen LogP contribution in [0.15, 0.2) is 53.2 Å². The van der Waals surface area contributed by atoms with Crippen molar-refractivity contribution >= 4 is 18.3 Å². The Labute approximate surface area is 169 Å². The predicted octanol–water partition coefficient (Wildman–Crippen LogP) is 3.38. The van der Waals surface area contributed by atoms with Crippen molar-refractivity contribution in [3.63, 3.8) is 0 Å². The third kappa shape index (κ3) is 4.43. The number of hydrogen-bond acceptors (Lipinski definition) is 5. The van der Waals surface area contributed by atoms with Crippen molar-refractivity contribution in [2.45, 2.75) is 31.8 Å². The first-order chi connectivity index (χ1) is 13.2. The molecule has 3 aromatic rings. The second-order valence-electron chi connectivity index (χ2n) is 6.81. The van der Waals surface area contributed by atoms with Crippen LogP contribution in [-0.4, -0.2) is 33.8 Å². The Morgan fingerprint density at radius 3 is 2.89 bits per heavy atom. The number of nitrogens with zero attached hydrogens (tertiary/aromatic N) is 3. The highest BCUT2D eigenvalue weighted by molar-refractivity contribution is 5.92. The molecule has 3 heterocycles. The minimum Gasteiger partial charge on any atom is -0.438 e. The second-order valence-corrected chi connectivity index (χ2v) is 6.81. The Bertz CT molecular complexity index is 902. The van der Waals surface area contributed by atoms with Crippen LogP contribution in [0.1, 0.15) is 48.2 Å². The number of oxazole rings is 1. The topological polar surface area (TPSA) is 85.0 Å². The largest absolute Gasteiger partial charge is 0.438 e. The number of piperidine rings is 1. The minimum atomic E-state index is -0.351. The molecule has 1 aliphatic rings. The van der Waals surface area contributed by atoms with E-state index < -0.39 is 0 Å². The fraction of sp³-hybridized carbons (Fsp3) is 0.350. The molecule has 0 aliphatic carbocycles. The summed E-state index contributed by atoms with van der Waals surface area (Å²) in [4.78, 5) is 16.8. The summed E-state index contributed by atoms with van der Waals surface area (Å²) in [6, 6.07) is 11.5. The van der Waals surface area contributed by atoms with Crippen LogP contribution >= 0.6 is 12.4 Å². The Hall–Kier alpha value is -2.64. The predicted molar refractivity (Wildman–Crippen MR) is 108 cm³/mol. The van der Waals surface area contributed by atoms with E-state index in [9.17, 15) is 4.79 Å². The van der Waals surface area contributed by atoms with Gasteiger partial charge in [0.15, 0.2) is 5.76 Å². The van der Waals surface area contributed by atoms with E-state index in [4.69, 9.17) is 4.42 Å². The van der Waals surface area contributed by atoms with Crippen LogP contribution in [0.2, 0.25) is 0 Å². The van der Waals surface area contributed by atoms with Crippen molar-refractivity contribution in [2.75, 3.05) is 13.1 Å². The zero-order valence-electron chi connectivity index (χ0n) is 15.7.